The van der Waals surface area contributed by atoms with E-state index in [1.807, 2.05) is 23.6 Å². The summed E-state index contributed by atoms with van der Waals surface area (Å²) in [5.74, 6) is 0.633. The predicted octanol–water partition coefficient (Wildman–Crippen LogP) is 4.70. The van der Waals surface area contributed by atoms with Gasteiger partial charge in [0, 0.05) is 28.4 Å². The van der Waals surface area contributed by atoms with Crippen molar-refractivity contribution in [2.75, 3.05) is 19.9 Å². The number of imide groups is 1. The second-order valence-corrected chi connectivity index (χ2v) is 10.7. The molecule has 0 atom stereocenters. The molecule has 1 fully saturated rings. The molecule has 0 radical (unpaired) electrons. The Kier molecular flexibility index (Phi) is 6.67. The summed E-state index contributed by atoms with van der Waals surface area (Å²) in [4.78, 5) is 45.3. The van der Waals surface area contributed by atoms with E-state index in [-0.39, 0.29) is 49.0 Å². The smallest absolute Gasteiger partial charge is 0.293 e. The minimum atomic E-state index is -0.348. The second-order valence-electron chi connectivity index (χ2n) is 8.75. The minimum Gasteiger partial charge on any atom is -0.494 e. The summed E-state index contributed by atoms with van der Waals surface area (Å²) in [6, 6.07) is 16.1. The highest BCUT2D eigenvalue weighted by Gasteiger charge is 2.34. The predicted molar refractivity (Wildman–Crippen MR) is 151 cm³/mol. The van der Waals surface area contributed by atoms with Gasteiger partial charge in [-0.05, 0) is 53.0 Å². The van der Waals surface area contributed by atoms with Gasteiger partial charge in [0.1, 0.15) is 0 Å². The standard InChI is InChI=1S/C28H21N3O6S2/c32-25-20-6-2-1-5-19(20)21(26(33)31(25)15-17-7-8-22-23(12-17)37-16-36-22)14-29-9-10-30-27(34)24(39-28(30)35)13-18-4-3-11-38-18/h1-8,11-14,33H,9-10,15-16H2/b24-13-,29-14?. The average molecular weight is 560 g/mol. The van der Waals surface area contributed by atoms with Gasteiger partial charge in [0.2, 0.25) is 12.7 Å². The molecule has 2 amide bonds. The molecule has 6 rings (SSSR count). The van der Waals surface area contributed by atoms with Gasteiger partial charge in [0.05, 0.1) is 23.6 Å². The lowest BCUT2D eigenvalue weighted by Crippen LogP contribution is -2.30. The molecule has 0 saturated carbocycles. The fourth-order valence-electron chi connectivity index (χ4n) is 4.42. The molecule has 0 unspecified atom stereocenters. The van der Waals surface area contributed by atoms with Crippen LogP contribution in [0.5, 0.6) is 17.4 Å². The topological polar surface area (TPSA) is 110 Å². The van der Waals surface area contributed by atoms with E-state index in [2.05, 4.69) is 4.99 Å². The van der Waals surface area contributed by atoms with Gasteiger partial charge in [-0.3, -0.25) is 28.8 Å². The third-order valence-corrected chi connectivity index (χ3v) is 8.06. The van der Waals surface area contributed by atoms with E-state index in [9.17, 15) is 19.5 Å². The van der Waals surface area contributed by atoms with E-state index in [0.29, 0.717) is 32.7 Å². The van der Waals surface area contributed by atoms with Crippen LogP contribution in [0.1, 0.15) is 16.0 Å². The molecule has 2 aromatic heterocycles. The Labute approximate surface area is 230 Å². The van der Waals surface area contributed by atoms with Gasteiger partial charge in [-0.25, -0.2) is 0 Å². The number of amides is 2. The zero-order chi connectivity index (χ0) is 26.9. The van der Waals surface area contributed by atoms with E-state index in [1.54, 1.807) is 42.5 Å². The average Bonchev–Trinajstić information content (AvgIpc) is 3.68. The highest BCUT2D eigenvalue weighted by molar-refractivity contribution is 8.18. The summed E-state index contributed by atoms with van der Waals surface area (Å²) in [7, 11) is 0. The fraction of sp³-hybridized carbons (Fsp3) is 0.143. The Bertz CT molecular complexity index is 1730. The zero-order valence-electron chi connectivity index (χ0n) is 20.4. The highest BCUT2D eigenvalue weighted by atomic mass is 32.2. The van der Waals surface area contributed by atoms with Crippen molar-refractivity contribution in [3.63, 3.8) is 0 Å². The number of fused-ring (bicyclic) bond motifs is 2. The number of carbonyl (C=O) groups excluding carboxylic acids is 2. The molecule has 0 spiro atoms. The Morgan fingerprint density at radius 2 is 1.82 bits per heavy atom. The van der Waals surface area contributed by atoms with Gasteiger partial charge in [0.25, 0.3) is 16.7 Å². The molecule has 9 nitrogen and oxygen atoms in total. The lowest BCUT2D eigenvalue weighted by atomic mass is 10.1. The number of thioether (sulfide) groups is 1. The van der Waals surface area contributed by atoms with Crippen molar-refractivity contribution in [1.82, 2.24) is 9.47 Å². The molecule has 2 aromatic carbocycles. The maximum Gasteiger partial charge on any atom is 0.293 e. The summed E-state index contributed by atoms with van der Waals surface area (Å²) in [6.45, 7) is 0.484. The molecular weight excluding hydrogens is 538 g/mol. The lowest BCUT2D eigenvalue weighted by molar-refractivity contribution is -0.122. The quantitative estimate of drug-likeness (QED) is 0.258. The van der Waals surface area contributed by atoms with E-state index in [4.69, 9.17) is 9.47 Å². The number of aromatic nitrogens is 1. The fourth-order valence-corrected chi connectivity index (χ4v) is 6.00. The number of benzene rings is 2. The van der Waals surface area contributed by atoms with Gasteiger partial charge in [-0.1, -0.05) is 30.3 Å². The van der Waals surface area contributed by atoms with Gasteiger partial charge in [0.15, 0.2) is 11.5 Å². The van der Waals surface area contributed by atoms with Crippen LogP contribution in [-0.2, 0) is 11.3 Å². The molecular formula is C28H21N3O6S2. The number of rotatable bonds is 7. The van der Waals surface area contributed by atoms with Crippen molar-refractivity contribution in [1.29, 1.82) is 0 Å². The Balaban J connectivity index is 1.24. The first-order valence-corrected chi connectivity index (χ1v) is 13.7. The van der Waals surface area contributed by atoms with Crippen LogP contribution in [0, 0.1) is 0 Å². The van der Waals surface area contributed by atoms with E-state index in [1.165, 1.54) is 27.0 Å². The maximum atomic E-state index is 13.3. The van der Waals surface area contributed by atoms with Crippen LogP contribution in [0.25, 0.3) is 16.8 Å². The largest absolute Gasteiger partial charge is 0.494 e. The second kappa shape index (κ2) is 10.4. The normalized spacial score (nSPS) is 15.9. The first-order chi connectivity index (χ1) is 19.0. The monoisotopic (exact) mass is 559 g/mol. The van der Waals surface area contributed by atoms with Crippen molar-refractivity contribution in [2.45, 2.75) is 6.54 Å². The molecule has 4 heterocycles. The molecule has 11 heteroatoms. The molecule has 2 aliphatic heterocycles. The number of hydrogen-bond donors (Lipinski definition) is 1. The Morgan fingerprint density at radius 1 is 1.00 bits per heavy atom. The SMILES string of the molecule is O=C1S/C(=C\c2cccs2)C(=O)N1CCN=Cc1c(O)n(Cc2ccc3c(c2)OCO3)c(=O)c2ccccc12. The van der Waals surface area contributed by atoms with Crippen molar-refractivity contribution in [2.24, 2.45) is 4.99 Å². The minimum absolute atomic E-state index is 0.0957. The Morgan fingerprint density at radius 3 is 2.64 bits per heavy atom. The van der Waals surface area contributed by atoms with Crippen LogP contribution >= 0.6 is 23.1 Å². The third-order valence-electron chi connectivity index (χ3n) is 6.33. The zero-order valence-corrected chi connectivity index (χ0v) is 22.0. The first kappa shape index (κ1) is 25.0. The van der Waals surface area contributed by atoms with Crippen LogP contribution in [0.15, 0.2) is 74.7 Å². The first-order valence-electron chi connectivity index (χ1n) is 12.0. The summed E-state index contributed by atoms with van der Waals surface area (Å²) >= 11 is 2.40. The summed E-state index contributed by atoms with van der Waals surface area (Å²) in [6.07, 6.45) is 3.19. The number of hydrogen-bond acceptors (Lipinski definition) is 9. The van der Waals surface area contributed by atoms with Crippen LogP contribution in [-0.4, -0.2) is 51.8 Å². The maximum absolute atomic E-state index is 13.3. The van der Waals surface area contributed by atoms with E-state index >= 15 is 0 Å². The van der Waals surface area contributed by atoms with Crippen LogP contribution in [0.4, 0.5) is 4.79 Å². The number of aliphatic imine (C=N–C) groups is 1. The number of pyridine rings is 1. The van der Waals surface area contributed by atoms with Gasteiger partial charge in [-0.15, -0.1) is 11.3 Å². The molecule has 4 aromatic rings. The van der Waals surface area contributed by atoms with Crippen LogP contribution < -0.4 is 15.0 Å². The summed E-state index contributed by atoms with van der Waals surface area (Å²) in [5, 5.41) is 13.7. The van der Waals surface area contributed by atoms with Crippen LogP contribution in [0.3, 0.4) is 0 Å². The third kappa shape index (κ3) is 4.82. The van der Waals surface area contributed by atoms with Crippen molar-refractivity contribution < 1.29 is 24.2 Å². The lowest BCUT2D eigenvalue weighted by Gasteiger charge is -2.14. The Hall–Kier alpha value is -4.35. The summed E-state index contributed by atoms with van der Waals surface area (Å²) < 4.78 is 12.1. The molecule has 1 saturated heterocycles. The molecule has 196 valence electrons. The molecule has 39 heavy (non-hydrogen) atoms. The van der Waals surface area contributed by atoms with Gasteiger partial charge >= 0.3 is 0 Å². The summed E-state index contributed by atoms with van der Waals surface area (Å²) in [5.41, 5.74) is 0.788. The number of nitrogens with zero attached hydrogens (tertiary/aromatic N) is 3. The van der Waals surface area contributed by atoms with Crippen molar-refractivity contribution in [3.8, 4) is 17.4 Å². The molecule has 0 bridgehead atoms. The molecule has 1 N–H and O–H groups in total. The van der Waals surface area contributed by atoms with Gasteiger partial charge in [-0.2, -0.15) is 0 Å². The van der Waals surface area contributed by atoms with Crippen molar-refractivity contribution >= 4 is 57.3 Å². The molecule has 0 aliphatic carbocycles. The van der Waals surface area contributed by atoms with Crippen LogP contribution in [0.2, 0.25) is 0 Å². The number of carbonyl (C=O) groups is 2. The number of ether oxygens (including phenoxy) is 2. The highest BCUT2D eigenvalue weighted by Crippen LogP contribution is 2.34. The van der Waals surface area contributed by atoms with Gasteiger partial charge < -0.3 is 14.6 Å². The molecule has 2 aliphatic rings. The number of thiophene rings is 1. The van der Waals surface area contributed by atoms with E-state index in [0.717, 1.165) is 22.2 Å². The number of aromatic hydroxyl groups is 1. The van der Waals surface area contributed by atoms with E-state index < -0.39 is 0 Å². The van der Waals surface area contributed by atoms with Crippen molar-refractivity contribution in [3.05, 3.63) is 91.2 Å².